The van der Waals surface area contributed by atoms with E-state index in [1.807, 2.05) is 10.8 Å². The molecule has 5 rings (SSSR count). The number of rotatable bonds is 8. The Kier molecular flexibility index (Phi) is 6.98. The summed E-state index contributed by atoms with van der Waals surface area (Å²) in [4.78, 5) is 26.0. The third-order valence-electron chi connectivity index (χ3n) is 6.18. The summed E-state index contributed by atoms with van der Waals surface area (Å²) in [5, 5.41) is 14.6. The smallest absolute Gasteiger partial charge is 0.251 e. The van der Waals surface area contributed by atoms with Crippen molar-refractivity contribution < 1.29 is 19.1 Å². The Bertz CT molecular complexity index is 1140. The molecule has 2 aromatic heterocycles. The van der Waals surface area contributed by atoms with Gasteiger partial charge in [-0.3, -0.25) is 19.8 Å². The van der Waals surface area contributed by atoms with E-state index in [1.54, 1.807) is 6.20 Å². The summed E-state index contributed by atoms with van der Waals surface area (Å²) in [5.74, 6) is 0.139. The van der Waals surface area contributed by atoms with Gasteiger partial charge in [-0.25, -0.2) is 4.68 Å². The van der Waals surface area contributed by atoms with Crippen LogP contribution in [0, 0.1) is 0 Å². The molecule has 9 nitrogen and oxygen atoms in total. The SMILES string of the molecule is O=C1CCC(n2cc(-c3cscc3OCc3ccc(CCN4CCOCC4)cc3)nn2)C(=O)N1. The van der Waals surface area contributed by atoms with Gasteiger partial charge in [0.2, 0.25) is 5.91 Å². The highest BCUT2D eigenvalue weighted by Gasteiger charge is 2.29. The summed E-state index contributed by atoms with van der Waals surface area (Å²) in [5.41, 5.74) is 3.89. The van der Waals surface area contributed by atoms with Crippen LogP contribution in [-0.4, -0.2) is 64.6 Å². The molecule has 2 fully saturated rings. The lowest BCUT2D eigenvalue weighted by atomic mass is 10.1. The largest absolute Gasteiger partial charge is 0.487 e. The molecule has 1 atom stereocenters. The fraction of sp³-hybridized carbons (Fsp3) is 0.417. The minimum Gasteiger partial charge on any atom is -0.487 e. The van der Waals surface area contributed by atoms with Crippen molar-refractivity contribution in [2.45, 2.75) is 31.9 Å². The maximum absolute atomic E-state index is 12.1. The monoisotopic (exact) mass is 481 g/mol. The first-order chi connectivity index (χ1) is 16.7. The number of carbonyl (C=O) groups is 2. The highest BCUT2D eigenvalue weighted by atomic mass is 32.1. The molecule has 1 N–H and O–H groups in total. The van der Waals surface area contributed by atoms with Crippen molar-refractivity contribution in [2.75, 3.05) is 32.8 Å². The number of hydrogen-bond acceptors (Lipinski definition) is 8. The summed E-state index contributed by atoms with van der Waals surface area (Å²) in [6.45, 7) is 5.18. The van der Waals surface area contributed by atoms with Crippen LogP contribution in [0.25, 0.3) is 11.3 Å². The average Bonchev–Trinajstić information content (AvgIpc) is 3.52. The minimum absolute atomic E-state index is 0.250. The Morgan fingerprint density at radius 3 is 2.71 bits per heavy atom. The number of piperidine rings is 1. The zero-order valence-electron chi connectivity index (χ0n) is 18.8. The molecule has 34 heavy (non-hydrogen) atoms. The molecule has 0 bridgehead atoms. The molecule has 0 saturated carbocycles. The van der Waals surface area contributed by atoms with Crippen LogP contribution in [-0.2, 0) is 27.4 Å². The standard InChI is InChI=1S/C24H27N5O4S/c30-23-6-5-21(24(31)25-23)29-13-20(26-27-29)19-15-34-16-22(19)33-14-18-3-1-17(2-4-18)7-8-28-9-11-32-12-10-28/h1-4,13,15-16,21H,5-12,14H2,(H,25,30,31). The van der Waals surface area contributed by atoms with Crippen LogP contribution < -0.4 is 10.1 Å². The second kappa shape index (κ2) is 10.5. The number of hydrogen-bond donors (Lipinski definition) is 1. The lowest BCUT2D eigenvalue weighted by Gasteiger charge is -2.26. The molecule has 2 aliphatic rings. The number of carbonyl (C=O) groups excluding carboxylic acids is 2. The Balaban J connectivity index is 1.17. The van der Waals surface area contributed by atoms with E-state index in [1.165, 1.54) is 21.6 Å². The summed E-state index contributed by atoms with van der Waals surface area (Å²) >= 11 is 1.52. The average molecular weight is 482 g/mol. The summed E-state index contributed by atoms with van der Waals surface area (Å²) in [6.07, 6.45) is 3.48. The number of morpholine rings is 1. The van der Waals surface area contributed by atoms with Gasteiger partial charge in [0.25, 0.3) is 5.91 Å². The van der Waals surface area contributed by atoms with Crippen LogP contribution in [0.1, 0.15) is 30.0 Å². The molecule has 4 heterocycles. The predicted molar refractivity (Wildman–Crippen MR) is 126 cm³/mol. The first-order valence-corrected chi connectivity index (χ1v) is 12.4. The zero-order valence-corrected chi connectivity index (χ0v) is 19.6. The molecule has 1 aromatic carbocycles. The van der Waals surface area contributed by atoms with E-state index in [-0.39, 0.29) is 11.8 Å². The van der Waals surface area contributed by atoms with Gasteiger partial charge >= 0.3 is 0 Å². The van der Waals surface area contributed by atoms with Crippen LogP contribution in [0.2, 0.25) is 0 Å². The minimum atomic E-state index is -0.524. The van der Waals surface area contributed by atoms with E-state index in [2.05, 4.69) is 44.8 Å². The lowest BCUT2D eigenvalue weighted by Crippen LogP contribution is -2.41. The Hall–Kier alpha value is -3.08. The van der Waals surface area contributed by atoms with Crippen molar-refractivity contribution in [2.24, 2.45) is 0 Å². The van der Waals surface area contributed by atoms with Gasteiger partial charge in [0, 0.05) is 36.8 Å². The number of ether oxygens (including phenoxy) is 2. The highest BCUT2D eigenvalue weighted by Crippen LogP contribution is 2.33. The molecule has 10 heteroatoms. The van der Waals surface area contributed by atoms with Crippen LogP contribution in [0.4, 0.5) is 0 Å². The summed E-state index contributed by atoms with van der Waals surface area (Å²) in [6, 6.07) is 8.03. The van der Waals surface area contributed by atoms with Crippen LogP contribution in [0.3, 0.4) is 0 Å². The third kappa shape index (κ3) is 5.35. The molecule has 0 spiro atoms. The van der Waals surface area contributed by atoms with E-state index in [0.29, 0.717) is 25.1 Å². The molecule has 0 aliphatic carbocycles. The maximum Gasteiger partial charge on any atom is 0.251 e. The molecular weight excluding hydrogens is 454 g/mol. The zero-order chi connectivity index (χ0) is 23.3. The number of benzene rings is 1. The second-order valence-electron chi connectivity index (χ2n) is 8.51. The molecular formula is C24H27N5O4S. The van der Waals surface area contributed by atoms with Crippen molar-refractivity contribution in [3.63, 3.8) is 0 Å². The highest BCUT2D eigenvalue weighted by molar-refractivity contribution is 7.08. The molecule has 2 aliphatic heterocycles. The Morgan fingerprint density at radius 2 is 1.91 bits per heavy atom. The summed E-state index contributed by atoms with van der Waals surface area (Å²) in [7, 11) is 0. The van der Waals surface area contributed by atoms with Crippen molar-refractivity contribution in [1.29, 1.82) is 0 Å². The van der Waals surface area contributed by atoms with Crippen molar-refractivity contribution in [1.82, 2.24) is 25.2 Å². The van der Waals surface area contributed by atoms with Crippen LogP contribution >= 0.6 is 11.3 Å². The van der Waals surface area contributed by atoms with Gasteiger partial charge in [-0.2, -0.15) is 0 Å². The van der Waals surface area contributed by atoms with Gasteiger partial charge in [0.15, 0.2) is 0 Å². The van der Waals surface area contributed by atoms with E-state index < -0.39 is 6.04 Å². The maximum atomic E-state index is 12.1. The molecule has 1 unspecified atom stereocenters. The topological polar surface area (TPSA) is 98.6 Å². The number of thiophene rings is 1. The first-order valence-electron chi connectivity index (χ1n) is 11.5. The van der Waals surface area contributed by atoms with Crippen molar-refractivity contribution in [3.8, 4) is 17.0 Å². The fourth-order valence-electron chi connectivity index (χ4n) is 4.15. The van der Waals surface area contributed by atoms with Gasteiger partial charge in [-0.15, -0.1) is 16.4 Å². The number of amides is 2. The van der Waals surface area contributed by atoms with Crippen LogP contribution in [0.15, 0.2) is 41.2 Å². The number of imide groups is 1. The van der Waals surface area contributed by atoms with E-state index in [4.69, 9.17) is 9.47 Å². The van der Waals surface area contributed by atoms with Gasteiger partial charge in [-0.1, -0.05) is 29.5 Å². The predicted octanol–water partition coefficient (Wildman–Crippen LogP) is 2.44. The van der Waals surface area contributed by atoms with Crippen LogP contribution in [0.5, 0.6) is 5.75 Å². The van der Waals surface area contributed by atoms with E-state index in [9.17, 15) is 9.59 Å². The molecule has 3 aromatic rings. The van der Waals surface area contributed by atoms with Gasteiger partial charge in [-0.05, 0) is 24.0 Å². The number of nitrogens with one attached hydrogen (secondary N) is 1. The molecule has 2 saturated heterocycles. The third-order valence-corrected chi connectivity index (χ3v) is 6.90. The quantitative estimate of drug-likeness (QED) is 0.494. The molecule has 2 amide bonds. The number of nitrogens with zero attached hydrogens (tertiary/aromatic N) is 4. The van der Waals surface area contributed by atoms with E-state index >= 15 is 0 Å². The number of aromatic nitrogens is 3. The summed E-state index contributed by atoms with van der Waals surface area (Å²) < 4.78 is 13.0. The first kappa shape index (κ1) is 22.7. The van der Waals surface area contributed by atoms with E-state index in [0.717, 1.165) is 56.1 Å². The molecule has 0 radical (unpaired) electrons. The lowest BCUT2D eigenvalue weighted by molar-refractivity contribution is -0.136. The van der Waals surface area contributed by atoms with Crippen molar-refractivity contribution in [3.05, 3.63) is 52.3 Å². The molecule has 178 valence electrons. The van der Waals surface area contributed by atoms with Crippen molar-refractivity contribution >= 4 is 23.2 Å². The Morgan fingerprint density at radius 1 is 1.12 bits per heavy atom. The van der Waals surface area contributed by atoms with Gasteiger partial charge < -0.3 is 9.47 Å². The Labute approximate surface area is 201 Å². The van der Waals surface area contributed by atoms with Gasteiger partial charge in [0.05, 0.1) is 25.0 Å². The second-order valence-corrected chi connectivity index (χ2v) is 9.25. The van der Waals surface area contributed by atoms with Gasteiger partial charge in [0.1, 0.15) is 24.1 Å². The normalized spacial score (nSPS) is 19.2. The fourth-order valence-corrected chi connectivity index (χ4v) is 4.91.